The van der Waals surface area contributed by atoms with Crippen LogP contribution in [0.25, 0.3) is 10.9 Å². The van der Waals surface area contributed by atoms with Gasteiger partial charge in [0.05, 0.1) is 10.9 Å². The Bertz CT molecular complexity index is 706. The molecular weight excluding hydrogens is 265 g/mol. The number of rotatable bonds is 1. The number of nitrogens with one attached hydrogen (secondary N) is 1. The van der Waals surface area contributed by atoms with Gasteiger partial charge in [-0.05, 0) is 18.6 Å². The zero-order valence-electron chi connectivity index (χ0n) is 9.54. The number of hydrogen-bond acceptors (Lipinski definition) is 4. The molecule has 1 N–H and O–H groups in total. The van der Waals surface area contributed by atoms with E-state index in [4.69, 9.17) is 0 Å². The van der Waals surface area contributed by atoms with Gasteiger partial charge in [-0.2, -0.15) is 18.2 Å². The molecule has 8 heteroatoms. The fourth-order valence-electron chi connectivity index (χ4n) is 1.48. The lowest BCUT2D eigenvalue weighted by Gasteiger charge is -2.07. The van der Waals surface area contributed by atoms with Gasteiger partial charge >= 0.3 is 18.2 Å². The average molecular weight is 272 g/mol. The van der Waals surface area contributed by atoms with Crippen LogP contribution < -0.4 is 10.3 Å². The van der Waals surface area contributed by atoms with Gasteiger partial charge in [-0.25, -0.2) is 4.79 Å². The number of alkyl halides is 3. The SMILES string of the molecule is Cc1cccc2c(=O)[nH]c(OC(=O)C(F)(F)F)nc12. The maximum atomic E-state index is 12.0. The van der Waals surface area contributed by atoms with E-state index < -0.39 is 23.7 Å². The molecule has 19 heavy (non-hydrogen) atoms. The van der Waals surface area contributed by atoms with Gasteiger partial charge in [-0.1, -0.05) is 12.1 Å². The third kappa shape index (κ3) is 2.56. The predicted octanol–water partition coefficient (Wildman–Crippen LogP) is 1.70. The number of ether oxygens (including phenoxy) is 1. The number of carbonyl (C=O) groups excluding carboxylic acids is 1. The molecule has 0 aliphatic rings. The van der Waals surface area contributed by atoms with E-state index in [0.717, 1.165) is 0 Å². The largest absolute Gasteiger partial charge is 0.491 e. The van der Waals surface area contributed by atoms with Gasteiger partial charge in [-0.15, -0.1) is 0 Å². The number of esters is 1. The zero-order valence-corrected chi connectivity index (χ0v) is 9.54. The molecule has 0 atom stereocenters. The van der Waals surface area contributed by atoms with E-state index in [1.54, 1.807) is 19.1 Å². The summed E-state index contributed by atoms with van der Waals surface area (Å²) in [5.74, 6) is -2.44. The van der Waals surface area contributed by atoms with Crippen molar-refractivity contribution in [3.8, 4) is 6.01 Å². The summed E-state index contributed by atoms with van der Waals surface area (Å²) >= 11 is 0. The topological polar surface area (TPSA) is 72.1 Å². The maximum absolute atomic E-state index is 12.0. The van der Waals surface area contributed by atoms with Crippen molar-refractivity contribution in [3.63, 3.8) is 0 Å². The molecule has 5 nitrogen and oxygen atoms in total. The molecule has 1 heterocycles. The van der Waals surface area contributed by atoms with Crippen LogP contribution in [0.3, 0.4) is 0 Å². The van der Waals surface area contributed by atoms with E-state index >= 15 is 0 Å². The number of aryl methyl sites for hydroxylation is 1. The lowest BCUT2D eigenvalue weighted by atomic mass is 10.1. The number of fused-ring (bicyclic) bond motifs is 1. The van der Waals surface area contributed by atoms with Gasteiger partial charge in [0.15, 0.2) is 0 Å². The number of carbonyl (C=O) groups is 1. The molecule has 0 amide bonds. The Hall–Kier alpha value is -2.38. The Balaban J connectivity index is 2.50. The first kappa shape index (κ1) is 13.1. The highest BCUT2D eigenvalue weighted by Crippen LogP contribution is 2.19. The molecule has 0 bridgehead atoms. The summed E-state index contributed by atoms with van der Waals surface area (Å²) in [5.41, 5.74) is 0.0720. The Morgan fingerprint density at radius 2 is 2.05 bits per heavy atom. The van der Waals surface area contributed by atoms with Crippen LogP contribution in [0.1, 0.15) is 5.56 Å². The average Bonchev–Trinajstić information content (AvgIpc) is 2.29. The maximum Gasteiger partial charge on any atom is 0.491 e. The number of aromatic nitrogens is 2. The monoisotopic (exact) mass is 272 g/mol. The second-order valence-corrected chi connectivity index (χ2v) is 3.73. The van der Waals surface area contributed by atoms with Gasteiger partial charge in [0.25, 0.3) is 5.56 Å². The van der Waals surface area contributed by atoms with Crippen LogP contribution in [0.4, 0.5) is 13.2 Å². The molecule has 100 valence electrons. The number of halogens is 3. The van der Waals surface area contributed by atoms with Crippen molar-refractivity contribution in [2.75, 3.05) is 0 Å². The normalized spacial score (nSPS) is 11.6. The molecule has 0 aliphatic heterocycles. The van der Waals surface area contributed by atoms with Gasteiger partial charge in [0.1, 0.15) is 0 Å². The number of H-pyrrole nitrogens is 1. The van der Waals surface area contributed by atoms with Crippen molar-refractivity contribution >= 4 is 16.9 Å². The minimum absolute atomic E-state index is 0.177. The Kier molecular flexibility index (Phi) is 3.01. The first-order valence-corrected chi connectivity index (χ1v) is 5.07. The molecule has 0 unspecified atom stereocenters. The fraction of sp³-hybridized carbons (Fsp3) is 0.182. The highest BCUT2D eigenvalue weighted by Gasteiger charge is 2.41. The summed E-state index contributed by atoms with van der Waals surface area (Å²) < 4.78 is 40.1. The number of para-hydroxylation sites is 1. The standard InChI is InChI=1S/C11H7F3N2O3/c1-5-3-2-4-6-7(5)15-10(16-8(6)17)19-9(18)11(12,13)14/h2-4H,1H3,(H,15,16,17). The van der Waals surface area contributed by atoms with E-state index in [9.17, 15) is 22.8 Å². The summed E-state index contributed by atoms with van der Waals surface area (Å²) in [6.45, 7) is 1.63. The van der Waals surface area contributed by atoms with E-state index in [1.807, 2.05) is 4.98 Å². The van der Waals surface area contributed by atoms with Crippen LogP contribution in [0.5, 0.6) is 6.01 Å². The van der Waals surface area contributed by atoms with Crippen molar-refractivity contribution < 1.29 is 22.7 Å². The smallest absolute Gasteiger partial charge is 0.385 e. The van der Waals surface area contributed by atoms with Crippen molar-refractivity contribution in [2.45, 2.75) is 13.1 Å². The number of benzene rings is 1. The summed E-state index contributed by atoms with van der Waals surface area (Å²) in [6, 6.07) is 3.91. The molecule has 0 spiro atoms. The second-order valence-electron chi connectivity index (χ2n) is 3.73. The zero-order chi connectivity index (χ0) is 14.2. The van der Waals surface area contributed by atoms with Crippen molar-refractivity contribution in [2.24, 2.45) is 0 Å². The summed E-state index contributed by atoms with van der Waals surface area (Å²) in [6.07, 6.45) is -5.15. The van der Waals surface area contributed by atoms with Gasteiger partial charge in [0.2, 0.25) is 0 Å². The van der Waals surface area contributed by atoms with Crippen LogP contribution in [0, 0.1) is 6.92 Å². The number of hydrogen-bond donors (Lipinski definition) is 1. The van der Waals surface area contributed by atoms with Crippen molar-refractivity contribution in [1.29, 1.82) is 0 Å². The molecule has 0 saturated carbocycles. The quantitative estimate of drug-likeness (QED) is 0.802. The molecule has 0 radical (unpaired) electrons. The highest BCUT2D eigenvalue weighted by molar-refractivity contribution is 5.82. The molecule has 2 aromatic rings. The third-order valence-electron chi connectivity index (χ3n) is 2.34. The second kappa shape index (κ2) is 4.38. The van der Waals surface area contributed by atoms with Gasteiger partial charge < -0.3 is 4.74 Å². The Labute approximate surface area is 104 Å². The summed E-state index contributed by atoms with van der Waals surface area (Å²) in [7, 11) is 0. The van der Waals surface area contributed by atoms with Crippen LogP contribution in [-0.4, -0.2) is 22.1 Å². The molecule has 1 aromatic carbocycles. The van der Waals surface area contributed by atoms with Crippen molar-refractivity contribution in [1.82, 2.24) is 9.97 Å². The molecule has 0 aliphatic carbocycles. The molecule has 0 fully saturated rings. The first-order chi connectivity index (χ1) is 8.79. The first-order valence-electron chi connectivity index (χ1n) is 5.07. The van der Waals surface area contributed by atoms with Gasteiger partial charge in [0, 0.05) is 0 Å². The van der Waals surface area contributed by atoms with E-state index in [0.29, 0.717) is 5.56 Å². The fourth-order valence-corrected chi connectivity index (χ4v) is 1.48. The lowest BCUT2D eigenvalue weighted by molar-refractivity contribution is -0.190. The number of aromatic amines is 1. The highest BCUT2D eigenvalue weighted by atomic mass is 19.4. The summed E-state index contributed by atoms with van der Waals surface area (Å²) in [5, 5.41) is 0.201. The van der Waals surface area contributed by atoms with Crippen LogP contribution in [0.15, 0.2) is 23.0 Å². The van der Waals surface area contributed by atoms with E-state index in [-0.39, 0.29) is 10.9 Å². The third-order valence-corrected chi connectivity index (χ3v) is 2.34. The Morgan fingerprint density at radius 1 is 1.37 bits per heavy atom. The minimum Gasteiger partial charge on any atom is -0.385 e. The number of nitrogens with zero attached hydrogens (tertiary/aromatic N) is 1. The molecule has 2 rings (SSSR count). The van der Waals surface area contributed by atoms with E-state index in [2.05, 4.69) is 9.72 Å². The van der Waals surface area contributed by atoms with Crippen LogP contribution >= 0.6 is 0 Å². The lowest BCUT2D eigenvalue weighted by Crippen LogP contribution is -2.29. The van der Waals surface area contributed by atoms with Gasteiger partial charge in [-0.3, -0.25) is 9.78 Å². The van der Waals surface area contributed by atoms with Crippen LogP contribution in [0.2, 0.25) is 0 Å². The van der Waals surface area contributed by atoms with Crippen molar-refractivity contribution in [3.05, 3.63) is 34.1 Å². The molecule has 1 aromatic heterocycles. The molecule has 0 saturated heterocycles. The molecular formula is C11H7F3N2O3. The summed E-state index contributed by atoms with van der Waals surface area (Å²) in [4.78, 5) is 27.9. The minimum atomic E-state index is -5.15. The van der Waals surface area contributed by atoms with E-state index in [1.165, 1.54) is 6.07 Å². The Morgan fingerprint density at radius 3 is 2.68 bits per heavy atom. The predicted molar refractivity (Wildman–Crippen MR) is 58.8 cm³/mol. The van der Waals surface area contributed by atoms with Crippen LogP contribution in [-0.2, 0) is 4.79 Å².